The Morgan fingerprint density at radius 3 is 2.11 bits per heavy atom. The summed E-state index contributed by atoms with van der Waals surface area (Å²) in [6.45, 7) is 5.54. The van der Waals surface area contributed by atoms with Crippen LogP contribution in [0.25, 0.3) is 0 Å². The van der Waals surface area contributed by atoms with Crippen molar-refractivity contribution in [3.05, 3.63) is 29.8 Å². The summed E-state index contributed by atoms with van der Waals surface area (Å²) in [5.41, 5.74) is -2.89. The first-order valence-electron chi connectivity index (χ1n) is 5.33. The van der Waals surface area contributed by atoms with E-state index in [1.54, 1.807) is 6.07 Å². The van der Waals surface area contributed by atoms with Crippen LogP contribution in [0, 0.1) is 0 Å². The number of rotatable bonds is 3. The maximum atomic E-state index is 13.1. The van der Waals surface area contributed by atoms with Crippen molar-refractivity contribution in [1.82, 2.24) is 0 Å². The lowest BCUT2D eigenvalue weighted by molar-refractivity contribution is 0.0902. The fourth-order valence-electron chi connectivity index (χ4n) is 1.41. The average molecular weight is 280 g/mol. The number of benzene rings is 1. The fraction of sp³-hybridized carbons (Fsp3) is 0.500. The van der Waals surface area contributed by atoms with Crippen molar-refractivity contribution in [2.24, 2.45) is 0 Å². The topological polar surface area (TPSA) is 34.1 Å². The summed E-state index contributed by atoms with van der Waals surface area (Å²) in [7, 11) is -4.64. The van der Waals surface area contributed by atoms with Crippen LogP contribution in [0.5, 0.6) is 0 Å². The molecule has 18 heavy (non-hydrogen) atoms. The third kappa shape index (κ3) is 3.04. The Kier molecular flexibility index (Phi) is 4.10. The highest BCUT2D eigenvalue weighted by molar-refractivity contribution is 7.92. The first kappa shape index (κ1) is 15.0. The van der Waals surface area contributed by atoms with Gasteiger partial charge in [0.05, 0.1) is 4.90 Å². The first-order valence-corrected chi connectivity index (χ1v) is 6.88. The van der Waals surface area contributed by atoms with Crippen LogP contribution in [0.1, 0.15) is 26.3 Å². The molecule has 1 unspecified atom stereocenters. The van der Waals surface area contributed by atoms with Crippen LogP contribution < -0.4 is 0 Å². The zero-order valence-electron chi connectivity index (χ0n) is 10.3. The second kappa shape index (κ2) is 4.91. The van der Waals surface area contributed by atoms with Gasteiger partial charge in [0.2, 0.25) is 9.84 Å². The molecule has 1 aromatic rings. The molecule has 0 N–H and O–H groups in total. The Balaban J connectivity index is 3.27. The minimum Gasteiger partial charge on any atom is -0.223 e. The predicted molar refractivity (Wildman–Crippen MR) is 63.2 cm³/mol. The van der Waals surface area contributed by atoms with E-state index in [4.69, 9.17) is 0 Å². The summed E-state index contributed by atoms with van der Waals surface area (Å²) < 4.78 is 60.7. The van der Waals surface area contributed by atoms with E-state index in [9.17, 15) is 21.6 Å². The van der Waals surface area contributed by atoms with Crippen molar-refractivity contribution in [3.8, 4) is 0 Å². The Hall–Kier alpha value is -1.04. The van der Waals surface area contributed by atoms with Gasteiger partial charge in [0.25, 0.3) is 11.9 Å². The molecule has 0 heterocycles. The van der Waals surface area contributed by atoms with Gasteiger partial charge >= 0.3 is 0 Å². The molecule has 1 rings (SSSR count). The lowest BCUT2D eigenvalue weighted by Gasteiger charge is -2.20. The van der Waals surface area contributed by atoms with E-state index < -0.39 is 26.7 Å². The smallest absolute Gasteiger partial charge is 0.223 e. The van der Waals surface area contributed by atoms with Crippen LogP contribution in [-0.4, -0.2) is 20.3 Å². The van der Waals surface area contributed by atoms with Gasteiger partial charge in [-0.2, -0.15) is 0 Å². The normalized spacial score (nSPS) is 14.8. The van der Waals surface area contributed by atoms with Crippen molar-refractivity contribution >= 4 is 9.84 Å². The average Bonchev–Trinajstić information content (AvgIpc) is 2.27. The summed E-state index contributed by atoms with van der Waals surface area (Å²) in [6, 6.07) is 5.46. The van der Waals surface area contributed by atoms with Crippen molar-refractivity contribution in [3.63, 3.8) is 0 Å². The molecule has 0 spiro atoms. The SMILES string of the molecule is CC(C)(C)c1cccc(S(=O)(=O)C(F)C(F)F)c1. The molecule has 102 valence electrons. The first-order chi connectivity index (χ1) is 8.06. The van der Waals surface area contributed by atoms with Gasteiger partial charge in [-0.05, 0) is 23.1 Å². The Morgan fingerprint density at radius 1 is 1.11 bits per heavy atom. The van der Waals surface area contributed by atoms with Crippen LogP contribution in [0.2, 0.25) is 0 Å². The van der Waals surface area contributed by atoms with Gasteiger partial charge in [0.1, 0.15) is 0 Å². The Labute approximate surface area is 105 Å². The van der Waals surface area contributed by atoms with Crippen LogP contribution in [0.15, 0.2) is 29.2 Å². The van der Waals surface area contributed by atoms with Gasteiger partial charge < -0.3 is 0 Å². The number of alkyl halides is 3. The number of hydrogen-bond donors (Lipinski definition) is 0. The zero-order valence-corrected chi connectivity index (χ0v) is 11.1. The summed E-state index contributed by atoms with van der Waals surface area (Å²) in [4.78, 5) is -0.414. The Bertz CT molecular complexity index is 518. The van der Waals surface area contributed by atoms with Gasteiger partial charge in [-0.1, -0.05) is 32.9 Å². The standard InChI is InChI=1S/C12H15F3O2S/c1-12(2,3)8-5-4-6-9(7-8)18(16,17)11(15)10(13)14/h4-7,10-11H,1-3H3. The van der Waals surface area contributed by atoms with Crippen LogP contribution in [-0.2, 0) is 15.3 Å². The number of sulfone groups is 1. The molecule has 0 radical (unpaired) electrons. The summed E-state index contributed by atoms with van der Waals surface area (Å²) in [6.07, 6.45) is -3.55. The zero-order chi connectivity index (χ0) is 14.1. The molecule has 0 aliphatic carbocycles. The molecule has 0 bridgehead atoms. The highest BCUT2D eigenvalue weighted by Crippen LogP contribution is 2.27. The Morgan fingerprint density at radius 2 is 1.67 bits per heavy atom. The van der Waals surface area contributed by atoms with Crippen molar-refractivity contribution < 1.29 is 21.6 Å². The van der Waals surface area contributed by atoms with Crippen molar-refractivity contribution in [1.29, 1.82) is 0 Å². The van der Waals surface area contributed by atoms with E-state index in [0.717, 1.165) is 6.07 Å². The third-order valence-corrected chi connectivity index (χ3v) is 4.23. The second-order valence-corrected chi connectivity index (χ2v) is 7.02. The van der Waals surface area contributed by atoms with Crippen molar-refractivity contribution in [2.45, 2.75) is 43.0 Å². The number of hydrogen-bond acceptors (Lipinski definition) is 2. The molecular weight excluding hydrogens is 265 g/mol. The summed E-state index contributed by atoms with van der Waals surface area (Å²) >= 11 is 0. The van der Waals surface area contributed by atoms with Gasteiger partial charge in [-0.25, -0.2) is 21.6 Å². The van der Waals surface area contributed by atoms with Gasteiger partial charge in [-0.15, -0.1) is 0 Å². The van der Waals surface area contributed by atoms with Crippen LogP contribution in [0.3, 0.4) is 0 Å². The monoisotopic (exact) mass is 280 g/mol. The summed E-state index contributed by atoms with van der Waals surface area (Å²) in [5, 5.41) is 0. The maximum absolute atomic E-state index is 13.1. The fourth-order valence-corrected chi connectivity index (χ4v) is 2.50. The predicted octanol–water partition coefficient (Wildman–Crippen LogP) is 3.32. The van der Waals surface area contributed by atoms with E-state index in [2.05, 4.69) is 0 Å². The lowest BCUT2D eigenvalue weighted by Crippen LogP contribution is -2.24. The molecule has 0 aromatic heterocycles. The molecule has 2 nitrogen and oxygen atoms in total. The van der Waals surface area contributed by atoms with E-state index in [1.165, 1.54) is 12.1 Å². The quantitative estimate of drug-likeness (QED) is 0.851. The molecule has 0 amide bonds. The molecule has 0 aliphatic rings. The molecule has 0 saturated carbocycles. The van der Waals surface area contributed by atoms with E-state index in [-0.39, 0.29) is 5.41 Å². The van der Waals surface area contributed by atoms with Gasteiger partial charge in [0.15, 0.2) is 0 Å². The molecule has 1 atom stereocenters. The van der Waals surface area contributed by atoms with Gasteiger partial charge in [-0.3, -0.25) is 0 Å². The minimum atomic E-state index is -4.64. The van der Waals surface area contributed by atoms with Gasteiger partial charge in [0, 0.05) is 0 Å². The summed E-state index contributed by atoms with van der Waals surface area (Å²) in [5.74, 6) is 0. The van der Waals surface area contributed by atoms with Crippen LogP contribution >= 0.6 is 0 Å². The van der Waals surface area contributed by atoms with Crippen molar-refractivity contribution in [2.75, 3.05) is 0 Å². The second-order valence-electron chi connectivity index (χ2n) is 5.01. The highest BCUT2D eigenvalue weighted by atomic mass is 32.2. The molecular formula is C12H15F3O2S. The van der Waals surface area contributed by atoms with E-state index >= 15 is 0 Å². The minimum absolute atomic E-state index is 0.345. The molecule has 0 aliphatic heterocycles. The highest BCUT2D eigenvalue weighted by Gasteiger charge is 2.35. The third-order valence-electron chi connectivity index (χ3n) is 2.52. The van der Waals surface area contributed by atoms with E-state index in [0.29, 0.717) is 5.56 Å². The van der Waals surface area contributed by atoms with E-state index in [1.807, 2.05) is 20.8 Å². The number of halogens is 3. The molecule has 0 fully saturated rings. The lowest BCUT2D eigenvalue weighted by atomic mass is 9.87. The van der Waals surface area contributed by atoms with Crippen LogP contribution in [0.4, 0.5) is 13.2 Å². The largest absolute Gasteiger partial charge is 0.284 e. The molecule has 6 heteroatoms. The molecule has 1 aromatic carbocycles. The molecule has 0 saturated heterocycles. The maximum Gasteiger partial charge on any atom is 0.284 e.